The molecule has 0 bridgehead atoms. The molecular formula is C9H7Cl2NO2S. The highest BCUT2D eigenvalue weighted by Crippen LogP contribution is 2.27. The summed E-state index contributed by atoms with van der Waals surface area (Å²) in [6, 6.07) is 4.91. The van der Waals surface area contributed by atoms with E-state index in [4.69, 9.17) is 27.5 Å². The van der Waals surface area contributed by atoms with Crippen molar-refractivity contribution >= 4 is 31.3 Å². The molecule has 0 saturated heterocycles. The van der Waals surface area contributed by atoms with Gasteiger partial charge in [-0.05, 0) is 24.1 Å². The first kappa shape index (κ1) is 12.3. The van der Waals surface area contributed by atoms with Crippen molar-refractivity contribution < 1.29 is 8.42 Å². The summed E-state index contributed by atoms with van der Waals surface area (Å²) in [5, 5.41) is 8.75. The smallest absolute Gasteiger partial charge is 0.207 e. The molecule has 0 unspecified atom stereocenters. The fraction of sp³-hybridized carbons (Fsp3) is 0.222. The number of halogens is 2. The molecule has 0 fully saturated rings. The van der Waals surface area contributed by atoms with Crippen LogP contribution in [0.4, 0.5) is 0 Å². The number of hydrogen-bond acceptors (Lipinski definition) is 3. The Morgan fingerprint density at radius 3 is 2.47 bits per heavy atom. The van der Waals surface area contributed by atoms with Crippen molar-refractivity contribution in [2.75, 3.05) is 0 Å². The molecule has 0 spiro atoms. The Labute approximate surface area is 97.7 Å². The zero-order chi connectivity index (χ0) is 11.6. The second-order valence-electron chi connectivity index (χ2n) is 2.91. The molecule has 6 heteroatoms. The Bertz CT molecular complexity index is 532. The van der Waals surface area contributed by atoms with Crippen LogP contribution >= 0.6 is 22.3 Å². The Morgan fingerprint density at radius 2 is 2.07 bits per heavy atom. The summed E-state index contributed by atoms with van der Waals surface area (Å²) >= 11 is 5.60. The van der Waals surface area contributed by atoms with E-state index in [2.05, 4.69) is 0 Å². The second kappa shape index (κ2) is 4.40. The van der Waals surface area contributed by atoms with Crippen molar-refractivity contribution in [1.82, 2.24) is 0 Å². The predicted octanol–water partition coefficient (Wildman–Crippen LogP) is 2.53. The third kappa shape index (κ3) is 2.43. The van der Waals surface area contributed by atoms with E-state index in [9.17, 15) is 8.42 Å². The molecule has 0 heterocycles. The zero-order valence-corrected chi connectivity index (χ0v) is 10.1. The molecule has 0 amide bonds. The van der Waals surface area contributed by atoms with E-state index in [1.165, 1.54) is 19.1 Å². The first-order valence-electron chi connectivity index (χ1n) is 3.95. The molecule has 15 heavy (non-hydrogen) atoms. The average molecular weight is 264 g/mol. The van der Waals surface area contributed by atoms with Crippen molar-refractivity contribution in [1.29, 1.82) is 5.26 Å². The maximum Gasteiger partial charge on any atom is 0.261 e. The minimum Gasteiger partial charge on any atom is -0.207 e. The monoisotopic (exact) mass is 263 g/mol. The highest BCUT2D eigenvalue weighted by molar-refractivity contribution is 8.13. The van der Waals surface area contributed by atoms with Crippen LogP contribution < -0.4 is 0 Å². The molecule has 3 nitrogen and oxygen atoms in total. The lowest BCUT2D eigenvalue weighted by atomic mass is 10.1. The van der Waals surface area contributed by atoms with Crippen molar-refractivity contribution in [2.45, 2.75) is 17.7 Å². The minimum absolute atomic E-state index is 0.0355. The Hall–Kier alpha value is -0.760. The quantitative estimate of drug-likeness (QED) is 0.609. The lowest BCUT2D eigenvalue weighted by Crippen LogP contribution is -2.02. The van der Waals surface area contributed by atoms with Crippen LogP contribution in [0.15, 0.2) is 17.0 Å². The van der Waals surface area contributed by atoms with E-state index in [0.29, 0.717) is 11.1 Å². The molecule has 0 aliphatic carbocycles. The molecule has 0 radical (unpaired) electrons. The zero-order valence-electron chi connectivity index (χ0n) is 7.79. The summed E-state index contributed by atoms with van der Waals surface area (Å²) in [5.74, 6) is 0.0355. The summed E-state index contributed by atoms with van der Waals surface area (Å²) < 4.78 is 22.6. The molecule has 1 aromatic carbocycles. The van der Waals surface area contributed by atoms with Crippen LogP contribution in [0.1, 0.15) is 16.7 Å². The second-order valence-corrected chi connectivity index (χ2v) is 5.68. The van der Waals surface area contributed by atoms with E-state index in [0.717, 1.165) is 0 Å². The summed E-state index contributed by atoms with van der Waals surface area (Å²) in [6.07, 6.45) is 0. The van der Waals surface area contributed by atoms with E-state index in [1.807, 2.05) is 6.07 Å². The van der Waals surface area contributed by atoms with Gasteiger partial charge in [-0.3, -0.25) is 0 Å². The number of nitriles is 1. The van der Waals surface area contributed by atoms with Gasteiger partial charge in [0.2, 0.25) is 0 Å². The van der Waals surface area contributed by atoms with Gasteiger partial charge in [-0.2, -0.15) is 5.26 Å². The molecule has 80 valence electrons. The van der Waals surface area contributed by atoms with Gasteiger partial charge in [-0.25, -0.2) is 8.42 Å². The number of nitrogens with zero attached hydrogens (tertiary/aromatic N) is 1. The first-order chi connectivity index (χ1) is 6.91. The Morgan fingerprint density at radius 1 is 1.47 bits per heavy atom. The number of hydrogen-bond donors (Lipinski definition) is 0. The van der Waals surface area contributed by atoms with E-state index < -0.39 is 9.05 Å². The number of benzene rings is 1. The van der Waals surface area contributed by atoms with Crippen molar-refractivity contribution in [2.24, 2.45) is 0 Å². The Balaban J connectivity index is 3.67. The van der Waals surface area contributed by atoms with Crippen molar-refractivity contribution in [3.05, 3.63) is 28.8 Å². The fourth-order valence-corrected chi connectivity index (χ4v) is 3.19. The Kier molecular flexibility index (Phi) is 3.61. The van der Waals surface area contributed by atoms with Crippen molar-refractivity contribution in [3.8, 4) is 6.07 Å². The van der Waals surface area contributed by atoms with Crippen LogP contribution in [-0.2, 0) is 14.9 Å². The summed E-state index contributed by atoms with van der Waals surface area (Å²) in [7, 11) is 1.41. The summed E-state index contributed by atoms with van der Waals surface area (Å²) in [6.45, 7) is 1.53. The lowest BCUT2D eigenvalue weighted by molar-refractivity contribution is 0.608. The van der Waals surface area contributed by atoms with Gasteiger partial charge in [-0.1, -0.05) is 6.07 Å². The molecule has 0 N–H and O–H groups in total. The first-order valence-corrected chi connectivity index (χ1v) is 6.79. The summed E-state index contributed by atoms with van der Waals surface area (Å²) in [5.41, 5.74) is 1.02. The third-order valence-corrected chi connectivity index (χ3v) is 3.80. The van der Waals surface area contributed by atoms with Gasteiger partial charge in [0.15, 0.2) is 0 Å². The van der Waals surface area contributed by atoms with E-state index in [1.54, 1.807) is 0 Å². The molecule has 1 rings (SSSR count). The van der Waals surface area contributed by atoms with Crippen LogP contribution in [0.5, 0.6) is 0 Å². The largest absolute Gasteiger partial charge is 0.261 e. The highest BCUT2D eigenvalue weighted by Gasteiger charge is 2.20. The molecular weight excluding hydrogens is 257 g/mol. The highest BCUT2D eigenvalue weighted by atomic mass is 35.7. The van der Waals surface area contributed by atoms with E-state index >= 15 is 0 Å². The molecule has 0 saturated carbocycles. The van der Waals surface area contributed by atoms with Gasteiger partial charge in [0.25, 0.3) is 9.05 Å². The van der Waals surface area contributed by atoms with Crippen molar-refractivity contribution in [3.63, 3.8) is 0 Å². The van der Waals surface area contributed by atoms with Crippen LogP contribution in [-0.4, -0.2) is 8.42 Å². The van der Waals surface area contributed by atoms with Gasteiger partial charge >= 0.3 is 0 Å². The van der Waals surface area contributed by atoms with Crippen LogP contribution in [0, 0.1) is 18.3 Å². The number of rotatable bonds is 2. The van der Waals surface area contributed by atoms with Gasteiger partial charge in [0.1, 0.15) is 0 Å². The maximum atomic E-state index is 11.3. The third-order valence-electron chi connectivity index (χ3n) is 2.00. The van der Waals surface area contributed by atoms with Gasteiger partial charge in [0, 0.05) is 16.6 Å². The predicted molar refractivity (Wildman–Crippen MR) is 58.5 cm³/mol. The van der Waals surface area contributed by atoms with Crippen LogP contribution in [0.2, 0.25) is 0 Å². The standard InChI is InChI=1S/C9H7Cl2NO2S/c1-6-8(5-12)3-2-7(4-10)9(6)15(11,13)14/h2-3H,4H2,1H3. The average Bonchev–Trinajstić information content (AvgIpc) is 2.15. The normalized spacial score (nSPS) is 11.1. The topological polar surface area (TPSA) is 57.9 Å². The molecule has 0 aliphatic rings. The van der Waals surface area contributed by atoms with Gasteiger partial charge < -0.3 is 0 Å². The van der Waals surface area contributed by atoms with E-state index in [-0.39, 0.29) is 16.3 Å². The molecule has 0 atom stereocenters. The minimum atomic E-state index is -3.87. The molecule has 1 aromatic rings. The van der Waals surface area contributed by atoms with Gasteiger partial charge in [-0.15, -0.1) is 11.6 Å². The maximum absolute atomic E-state index is 11.3. The molecule has 0 aromatic heterocycles. The SMILES string of the molecule is Cc1c(C#N)ccc(CCl)c1S(=O)(=O)Cl. The summed E-state index contributed by atoms with van der Waals surface area (Å²) in [4.78, 5) is -0.0572. The fourth-order valence-electron chi connectivity index (χ4n) is 1.31. The van der Waals surface area contributed by atoms with Crippen LogP contribution in [0.25, 0.3) is 0 Å². The lowest BCUT2D eigenvalue weighted by Gasteiger charge is -2.08. The van der Waals surface area contributed by atoms with Gasteiger partial charge in [0.05, 0.1) is 16.5 Å². The molecule has 0 aliphatic heterocycles. The number of alkyl halides is 1. The van der Waals surface area contributed by atoms with Crippen LogP contribution in [0.3, 0.4) is 0 Å².